The molecule has 0 bridgehead atoms. The van der Waals surface area contributed by atoms with Gasteiger partial charge in [0.15, 0.2) is 5.79 Å². The lowest BCUT2D eigenvalue weighted by Gasteiger charge is -2.20. The van der Waals surface area contributed by atoms with E-state index in [4.69, 9.17) is 19.0 Å². The number of rotatable bonds is 6. The molecular weight excluding hydrogens is 340 g/mol. The van der Waals surface area contributed by atoms with E-state index in [0.717, 1.165) is 5.56 Å². The van der Waals surface area contributed by atoms with Gasteiger partial charge in [0.1, 0.15) is 11.5 Å². The van der Waals surface area contributed by atoms with E-state index in [-0.39, 0.29) is 17.9 Å². The molecule has 8 nitrogen and oxygen atoms in total. The van der Waals surface area contributed by atoms with Gasteiger partial charge in [-0.05, 0) is 31.2 Å². The Morgan fingerprint density at radius 3 is 2.54 bits per heavy atom. The molecule has 0 unspecified atom stereocenters. The predicted octanol–water partition coefficient (Wildman–Crippen LogP) is 2.25. The Morgan fingerprint density at radius 1 is 1.19 bits per heavy atom. The second-order valence-corrected chi connectivity index (χ2v) is 5.89. The van der Waals surface area contributed by atoms with Crippen LogP contribution in [0.2, 0.25) is 0 Å². The molecular formula is C18H18N2O6. The molecule has 1 saturated heterocycles. The van der Waals surface area contributed by atoms with Crippen molar-refractivity contribution in [2.45, 2.75) is 19.1 Å². The van der Waals surface area contributed by atoms with Gasteiger partial charge < -0.3 is 19.0 Å². The smallest absolute Gasteiger partial charge is 0.335 e. The largest absolute Gasteiger partial charge is 0.478 e. The Kier molecular flexibility index (Phi) is 5.15. The van der Waals surface area contributed by atoms with Crippen LogP contribution in [0.25, 0.3) is 11.3 Å². The summed E-state index contributed by atoms with van der Waals surface area (Å²) in [6.07, 6.45) is 1.43. The molecule has 26 heavy (non-hydrogen) atoms. The van der Waals surface area contributed by atoms with Crippen molar-refractivity contribution in [3.05, 3.63) is 47.7 Å². The number of carboxylic acids is 1. The molecule has 1 fully saturated rings. The summed E-state index contributed by atoms with van der Waals surface area (Å²) in [4.78, 5) is 22.7. The Balaban J connectivity index is 1.56. The highest BCUT2D eigenvalue weighted by Crippen LogP contribution is 2.23. The molecule has 1 aliphatic heterocycles. The van der Waals surface area contributed by atoms with Gasteiger partial charge in [-0.15, -0.1) is 0 Å². The average molecular weight is 358 g/mol. The minimum Gasteiger partial charge on any atom is -0.478 e. The number of nitrogens with zero attached hydrogens (tertiary/aromatic N) is 1. The molecule has 3 rings (SSSR count). The summed E-state index contributed by atoms with van der Waals surface area (Å²) < 4.78 is 16.3. The molecule has 0 spiro atoms. The number of carbonyl (C=O) groups is 2. The lowest BCUT2D eigenvalue weighted by atomic mass is 10.1. The third-order valence-corrected chi connectivity index (χ3v) is 3.80. The zero-order chi connectivity index (χ0) is 18.6. The molecule has 0 radical (unpaired) electrons. The molecule has 2 N–H and O–H groups in total. The van der Waals surface area contributed by atoms with Crippen molar-refractivity contribution in [1.82, 2.24) is 5.43 Å². The van der Waals surface area contributed by atoms with Gasteiger partial charge in [0.05, 0.1) is 31.4 Å². The normalized spacial score (nSPS) is 16.0. The number of benzene rings is 1. The molecule has 1 aromatic heterocycles. The van der Waals surface area contributed by atoms with Gasteiger partial charge in [-0.3, -0.25) is 4.79 Å². The zero-order valence-corrected chi connectivity index (χ0v) is 14.1. The molecule has 136 valence electrons. The van der Waals surface area contributed by atoms with Gasteiger partial charge in [0.2, 0.25) is 5.91 Å². The van der Waals surface area contributed by atoms with E-state index < -0.39 is 11.8 Å². The topological polar surface area (TPSA) is 110 Å². The number of nitrogens with one attached hydrogen (secondary N) is 1. The first-order valence-electron chi connectivity index (χ1n) is 7.99. The second-order valence-electron chi connectivity index (χ2n) is 5.89. The monoisotopic (exact) mass is 358 g/mol. The Morgan fingerprint density at radius 2 is 1.88 bits per heavy atom. The maximum atomic E-state index is 11.8. The Labute approximate surface area is 149 Å². The molecule has 0 aliphatic carbocycles. The third kappa shape index (κ3) is 4.35. The highest BCUT2D eigenvalue weighted by Gasteiger charge is 2.33. The third-order valence-electron chi connectivity index (χ3n) is 3.80. The number of carboxylic acid groups (broad SMARTS) is 1. The van der Waals surface area contributed by atoms with E-state index in [0.29, 0.717) is 24.7 Å². The first kappa shape index (κ1) is 17.8. The number of amides is 1. The van der Waals surface area contributed by atoms with E-state index in [1.54, 1.807) is 31.2 Å². The summed E-state index contributed by atoms with van der Waals surface area (Å²) in [6.45, 7) is 2.64. The highest BCUT2D eigenvalue weighted by atomic mass is 16.7. The van der Waals surface area contributed by atoms with E-state index in [9.17, 15) is 9.59 Å². The molecule has 0 saturated carbocycles. The SMILES string of the molecule is CC1(CC(=O)N/N=C\c2ccc(-c3ccc(C(=O)O)cc3)o2)OCCO1. The lowest BCUT2D eigenvalue weighted by molar-refractivity contribution is -0.159. The van der Waals surface area contributed by atoms with Gasteiger partial charge >= 0.3 is 5.97 Å². The van der Waals surface area contributed by atoms with Gasteiger partial charge in [0, 0.05) is 5.56 Å². The van der Waals surface area contributed by atoms with Crippen LogP contribution in [0.3, 0.4) is 0 Å². The standard InChI is InChI=1S/C18H18N2O6/c1-18(24-8-9-25-18)10-16(21)20-19-11-14-6-7-15(26-14)12-2-4-13(5-3-12)17(22)23/h2-7,11H,8-10H2,1H3,(H,20,21)(H,22,23)/b19-11-. The number of hydrogen-bond acceptors (Lipinski definition) is 6. The Hall–Kier alpha value is -2.97. The van der Waals surface area contributed by atoms with Crippen LogP contribution >= 0.6 is 0 Å². The van der Waals surface area contributed by atoms with Crippen LogP contribution < -0.4 is 5.43 Å². The fourth-order valence-corrected chi connectivity index (χ4v) is 2.51. The number of hydrogen-bond donors (Lipinski definition) is 2. The summed E-state index contributed by atoms with van der Waals surface area (Å²) >= 11 is 0. The van der Waals surface area contributed by atoms with E-state index >= 15 is 0 Å². The van der Waals surface area contributed by atoms with Gasteiger partial charge in [0.25, 0.3) is 0 Å². The maximum absolute atomic E-state index is 11.8. The van der Waals surface area contributed by atoms with Crippen molar-refractivity contribution in [3.63, 3.8) is 0 Å². The van der Waals surface area contributed by atoms with Crippen LogP contribution in [0.1, 0.15) is 29.5 Å². The van der Waals surface area contributed by atoms with E-state index in [1.165, 1.54) is 18.3 Å². The summed E-state index contributed by atoms with van der Waals surface area (Å²) in [7, 11) is 0. The van der Waals surface area contributed by atoms with Crippen LogP contribution in [0.15, 0.2) is 45.9 Å². The Bertz CT molecular complexity index is 818. The lowest BCUT2D eigenvalue weighted by Crippen LogP contribution is -2.33. The van der Waals surface area contributed by atoms with Crippen molar-refractivity contribution in [2.24, 2.45) is 5.10 Å². The number of aromatic carboxylic acids is 1. The summed E-state index contributed by atoms with van der Waals surface area (Å²) in [6, 6.07) is 9.76. The van der Waals surface area contributed by atoms with Crippen LogP contribution in [-0.4, -0.2) is 42.2 Å². The molecule has 0 atom stereocenters. The van der Waals surface area contributed by atoms with E-state index in [2.05, 4.69) is 10.5 Å². The predicted molar refractivity (Wildman–Crippen MR) is 91.8 cm³/mol. The number of carbonyl (C=O) groups excluding carboxylic acids is 1. The minimum atomic E-state index is -0.984. The average Bonchev–Trinajstić information content (AvgIpc) is 3.24. The fourth-order valence-electron chi connectivity index (χ4n) is 2.51. The van der Waals surface area contributed by atoms with Gasteiger partial charge in [-0.25, -0.2) is 10.2 Å². The van der Waals surface area contributed by atoms with Crippen LogP contribution in [0.4, 0.5) is 0 Å². The number of ether oxygens (including phenoxy) is 2. The minimum absolute atomic E-state index is 0.0453. The first-order chi connectivity index (χ1) is 12.5. The highest BCUT2D eigenvalue weighted by molar-refractivity contribution is 5.88. The molecule has 1 amide bonds. The zero-order valence-electron chi connectivity index (χ0n) is 14.1. The molecule has 8 heteroatoms. The molecule has 1 aliphatic rings. The molecule has 2 aromatic rings. The van der Waals surface area contributed by atoms with Crippen molar-refractivity contribution >= 4 is 18.1 Å². The van der Waals surface area contributed by atoms with E-state index in [1.807, 2.05) is 0 Å². The van der Waals surface area contributed by atoms with Crippen molar-refractivity contribution in [1.29, 1.82) is 0 Å². The van der Waals surface area contributed by atoms with Crippen LogP contribution in [-0.2, 0) is 14.3 Å². The summed E-state index contributed by atoms with van der Waals surface area (Å²) in [5.74, 6) is -1.21. The number of hydrazone groups is 1. The molecule has 1 aromatic carbocycles. The van der Waals surface area contributed by atoms with Gasteiger partial charge in [-0.2, -0.15) is 5.10 Å². The molecule has 2 heterocycles. The van der Waals surface area contributed by atoms with Crippen molar-refractivity contribution in [2.75, 3.05) is 13.2 Å². The quantitative estimate of drug-likeness (QED) is 0.605. The van der Waals surface area contributed by atoms with Crippen LogP contribution in [0.5, 0.6) is 0 Å². The van der Waals surface area contributed by atoms with Crippen molar-refractivity contribution in [3.8, 4) is 11.3 Å². The van der Waals surface area contributed by atoms with Gasteiger partial charge in [-0.1, -0.05) is 12.1 Å². The summed E-state index contributed by atoms with van der Waals surface area (Å²) in [5, 5.41) is 12.8. The second kappa shape index (κ2) is 7.51. The number of furan rings is 1. The summed E-state index contributed by atoms with van der Waals surface area (Å²) in [5.41, 5.74) is 3.34. The van der Waals surface area contributed by atoms with Crippen molar-refractivity contribution < 1.29 is 28.6 Å². The first-order valence-corrected chi connectivity index (χ1v) is 7.99. The maximum Gasteiger partial charge on any atom is 0.335 e. The van der Waals surface area contributed by atoms with Crippen LogP contribution in [0, 0.1) is 0 Å². The fraction of sp³-hybridized carbons (Fsp3) is 0.278.